The molecule has 114 valence electrons. The van der Waals surface area contributed by atoms with E-state index in [9.17, 15) is 4.79 Å². The second-order valence-electron chi connectivity index (χ2n) is 4.17. The van der Waals surface area contributed by atoms with Gasteiger partial charge in [0.05, 0.1) is 6.54 Å². The molecule has 1 aromatic carbocycles. The summed E-state index contributed by atoms with van der Waals surface area (Å²) in [5.74, 6) is 0.254. The van der Waals surface area contributed by atoms with Crippen molar-refractivity contribution in [1.29, 1.82) is 0 Å². The van der Waals surface area contributed by atoms with Gasteiger partial charge in [0.1, 0.15) is 0 Å². The van der Waals surface area contributed by atoms with E-state index < -0.39 is 0 Å². The molecule has 20 heavy (non-hydrogen) atoms. The van der Waals surface area contributed by atoms with Gasteiger partial charge in [0.15, 0.2) is 0 Å². The van der Waals surface area contributed by atoms with Crippen molar-refractivity contribution in [2.75, 3.05) is 26.2 Å². The molecule has 0 aromatic heterocycles. The van der Waals surface area contributed by atoms with E-state index in [1.807, 2.05) is 57.7 Å². The molecule has 3 nitrogen and oxygen atoms in total. The molecule has 3 heteroatoms. The van der Waals surface area contributed by atoms with Crippen LogP contribution >= 0.6 is 0 Å². The zero-order chi connectivity index (χ0) is 15.4. The highest BCUT2D eigenvalue weighted by Crippen LogP contribution is 2.08. The summed E-state index contributed by atoms with van der Waals surface area (Å²) in [4.78, 5) is 15.8. The quantitative estimate of drug-likeness (QED) is 0.846. The second kappa shape index (κ2) is 11.5. The SMILES string of the molecule is CC.CC.CCN1CCN(Cc2ccccc2)CC1=O. The van der Waals surface area contributed by atoms with E-state index in [2.05, 4.69) is 17.0 Å². The van der Waals surface area contributed by atoms with E-state index >= 15 is 0 Å². The number of amides is 1. The predicted molar refractivity (Wildman–Crippen MR) is 86.7 cm³/mol. The third kappa shape index (κ3) is 6.20. The van der Waals surface area contributed by atoms with Crippen LogP contribution in [-0.2, 0) is 11.3 Å². The van der Waals surface area contributed by atoms with Crippen LogP contribution in [-0.4, -0.2) is 41.9 Å². The first-order valence-corrected chi connectivity index (χ1v) is 7.83. The molecule has 1 saturated heterocycles. The molecule has 1 heterocycles. The summed E-state index contributed by atoms with van der Waals surface area (Å²) in [5, 5.41) is 0. The third-order valence-electron chi connectivity index (χ3n) is 3.03. The van der Waals surface area contributed by atoms with Crippen LogP contribution in [0.4, 0.5) is 0 Å². The van der Waals surface area contributed by atoms with Crippen LogP contribution in [0.3, 0.4) is 0 Å². The standard InChI is InChI=1S/C13H18N2O.2C2H6/c1-2-15-9-8-14(11-13(15)16)10-12-6-4-3-5-7-12;2*1-2/h3-7H,2,8-11H2,1H3;2*1-2H3. The maximum absolute atomic E-state index is 11.7. The Morgan fingerprint density at radius 3 is 2.10 bits per heavy atom. The van der Waals surface area contributed by atoms with Crippen molar-refractivity contribution < 1.29 is 4.79 Å². The van der Waals surface area contributed by atoms with E-state index in [4.69, 9.17) is 0 Å². The molecule has 1 aliphatic heterocycles. The molecule has 0 radical (unpaired) electrons. The van der Waals surface area contributed by atoms with Gasteiger partial charge in [-0.25, -0.2) is 0 Å². The highest BCUT2D eigenvalue weighted by molar-refractivity contribution is 5.78. The van der Waals surface area contributed by atoms with Crippen LogP contribution in [0.1, 0.15) is 40.2 Å². The number of benzene rings is 1. The van der Waals surface area contributed by atoms with Crippen LogP contribution < -0.4 is 0 Å². The van der Waals surface area contributed by atoms with Crippen molar-refractivity contribution in [1.82, 2.24) is 9.80 Å². The fourth-order valence-corrected chi connectivity index (χ4v) is 2.07. The van der Waals surface area contributed by atoms with Crippen LogP contribution in [0.5, 0.6) is 0 Å². The normalized spacial score (nSPS) is 14.8. The summed E-state index contributed by atoms with van der Waals surface area (Å²) >= 11 is 0. The Kier molecular flexibility index (Phi) is 10.7. The highest BCUT2D eigenvalue weighted by Gasteiger charge is 2.22. The van der Waals surface area contributed by atoms with Crippen molar-refractivity contribution >= 4 is 5.91 Å². The van der Waals surface area contributed by atoms with Gasteiger partial charge in [0, 0.05) is 26.2 Å². The van der Waals surface area contributed by atoms with E-state index in [1.165, 1.54) is 5.56 Å². The van der Waals surface area contributed by atoms with Crippen LogP contribution in [0.15, 0.2) is 30.3 Å². The molecule has 0 atom stereocenters. The number of likely N-dealkylation sites (N-methyl/N-ethyl adjacent to an activating group) is 1. The van der Waals surface area contributed by atoms with Crippen molar-refractivity contribution in [2.45, 2.75) is 41.2 Å². The Morgan fingerprint density at radius 2 is 1.60 bits per heavy atom. The Balaban J connectivity index is 0.000000829. The largest absolute Gasteiger partial charge is 0.341 e. The minimum absolute atomic E-state index is 0.254. The Labute approximate surface area is 124 Å². The molecule has 0 spiro atoms. The van der Waals surface area contributed by atoms with Gasteiger partial charge in [0.25, 0.3) is 0 Å². The molecule has 2 rings (SSSR count). The molecule has 0 bridgehead atoms. The fourth-order valence-electron chi connectivity index (χ4n) is 2.07. The maximum Gasteiger partial charge on any atom is 0.236 e. The summed E-state index contributed by atoms with van der Waals surface area (Å²) in [6.07, 6.45) is 0. The zero-order valence-corrected chi connectivity index (χ0v) is 13.7. The number of hydrogen-bond donors (Lipinski definition) is 0. The average Bonchev–Trinajstić information content (AvgIpc) is 2.52. The zero-order valence-electron chi connectivity index (χ0n) is 13.7. The number of nitrogens with zero attached hydrogens (tertiary/aromatic N) is 2. The van der Waals surface area contributed by atoms with Crippen LogP contribution in [0, 0.1) is 0 Å². The van der Waals surface area contributed by atoms with Crippen LogP contribution in [0.25, 0.3) is 0 Å². The smallest absolute Gasteiger partial charge is 0.236 e. The Hall–Kier alpha value is -1.35. The van der Waals surface area contributed by atoms with Crippen molar-refractivity contribution in [3.63, 3.8) is 0 Å². The topological polar surface area (TPSA) is 23.6 Å². The molecule has 0 N–H and O–H groups in total. The lowest BCUT2D eigenvalue weighted by molar-refractivity contribution is -0.135. The molecular formula is C17H30N2O. The monoisotopic (exact) mass is 278 g/mol. The summed E-state index contributed by atoms with van der Waals surface area (Å²) in [6, 6.07) is 10.3. The van der Waals surface area contributed by atoms with Gasteiger partial charge >= 0.3 is 0 Å². The second-order valence-corrected chi connectivity index (χ2v) is 4.17. The maximum atomic E-state index is 11.7. The minimum Gasteiger partial charge on any atom is -0.341 e. The van der Waals surface area contributed by atoms with Gasteiger partial charge in [-0.3, -0.25) is 9.69 Å². The molecule has 1 aromatic rings. The molecule has 0 unspecified atom stereocenters. The van der Waals surface area contributed by atoms with E-state index in [0.29, 0.717) is 6.54 Å². The number of hydrogen-bond acceptors (Lipinski definition) is 2. The van der Waals surface area contributed by atoms with Gasteiger partial charge in [-0.05, 0) is 12.5 Å². The lowest BCUT2D eigenvalue weighted by Crippen LogP contribution is -2.49. The summed E-state index contributed by atoms with van der Waals surface area (Å²) in [7, 11) is 0. The number of carbonyl (C=O) groups excluding carboxylic acids is 1. The summed E-state index contributed by atoms with van der Waals surface area (Å²) < 4.78 is 0. The molecule has 1 fully saturated rings. The summed E-state index contributed by atoms with van der Waals surface area (Å²) in [6.45, 7) is 14.1. The van der Waals surface area contributed by atoms with Crippen molar-refractivity contribution in [3.8, 4) is 0 Å². The van der Waals surface area contributed by atoms with Gasteiger partial charge in [-0.1, -0.05) is 58.0 Å². The van der Waals surface area contributed by atoms with Crippen molar-refractivity contribution in [2.24, 2.45) is 0 Å². The number of carbonyl (C=O) groups is 1. The Bertz CT molecular complexity index is 351. The number of rotatable bonds is 3. The highest BCUT2D eigenvalue weighted by atomic mass is 16.2. The first kappa shape index (κ1) is 18.7. The van der Waals surface area contributed by atoms with E-state index in [0.717, 1.165) is 26.2 Å². The van der Waals surface area contributed by atoms with E-state index in [-0.39, 0.29) is 5.91 Å². The number of piperazine rings is 1. The Morgan fingerprint density at radius 1 is 1.00 bits per heavy atom. The molecule has 0 saturated carbocycles. The molecular weight excluding hydrogens is 248 g/mol. The van der Waals surface area contributed by atoms with Gasteiger partial charge < -0.3 is 4.90 Å². The first-order chi connectivity index (χ1) is 9.79. The lowest BCUT2D eigenvalue weighted by atomic mass is 10.2. The fraction of sp³-hybridized carbons (Fsp3) is 0.588. The third-order valence-corrected chi connectivity index (χ3v) is 3.03. The average molecular weight is 278 g/mol. The molecule has 1 aliphatic rings. The molecule has 0 aliphatic carbocycles. The van der Waals surface area contributed by atoms with Crippen LogP contribution in [0.2, 0.25) is 0 Å². The minimum atomic E-state index is 0.254. The molecule has 1 amide bonds. The van der Waals surface area contributed by atoms with Gasteiger partial charge in [-0.15, -0.1) is 0 Å². The lowest BCUT2D eigenvalue weighted by Gasteiger charge is -2.33. The van der Waals surface area contributed by atoms with Crippen molar-refractivity contribution in [3.05, 3.63) is 35.9 Å². The van der Waals surface area contributed by atoms with E-state index in [1.54, 1.807) is 0 Å². The summed E-state index contributed by atoms with van der Waals surface area (Å²) in [5.41, 5.74) is 1.28. The predicted octanol–water partition coefficient (Wildman–Crippen LogP) is 3.40. The van der Waals surface area contributed by atoms with Gasteiger partial charge in [-0.2, -0.15) is 0 Å². The first-order valence-electron chi connectivity index (χ1n) is 7.83. The van der Waals surface area contributed by atoms with Gasteiger partial charge in [0.2, 0.25) is 5.91 Å².